The fourth-order valence-corrected chi connectivity index (χ4v) is 3.84. The van der Waals surface area contributed by atoms with Gasteiger partial charge in [-0.15, -0.1) is 0 Å². The number of hydrogen-bond donors (Lipinski definition) is 1. The summed E-state index contributed by atoms with van der Waals surface area (Å²) < 4.78 is 5.79. The van der Waals surface area contributed by atoms with E-state index in [4.69, 9.17) is 9.72 Å². The maximum atomic E-state index is 12.6. The van der Waals surface area contributed by atoms with Gasteiger partial charge in [-0.05, 0) is 32.4 Å². The molecule has 26 heavy (non-hydrogen) atoms. The van der Waals surface area contributed by atoms with Gasteiger partial charge >= 0.3 is 0 Å². The molecule has 0 aliphatic carbocycles. The Labute approximate surface area is 153 Å². The van der Waals surface area contributed by atoms with Crippen LogP contribution in [0.25, 0.3) is 0 Å². The van der Waals surface area contributed by atoms with E-state index in [9.17, 15) is 4.79 Å². The number of nitrogens with one attached hydrogen (secondary N) is 1. The fraction of sp³-hybridized carbons (Fsp3) is 0.526. The van der Waals surface area contributed by atoms with Crippen LogP contribution in [0.2, 0.25) is 0 Å². The number of nitrogens with zero attached hydrogens (tertiary/aromatic N) is 4. The average molecular weight is 355 g/mol. The number of anilines is 1. The van der Waals surface area contributed by atoms with Gasteiger partial charge in [0.2, 0.25) is 5.95 Å². The fourth-order valence-electron chi connectivity index (χ4n) is 3.84. The minimum Gasteiger partial charge on any atom is -0.372 e. The predicted molar refractivity (Wildman–Crippen MR) is 99.1 cm³/mol. The lowest BCUT2D eigenvalue weighted by atomic mass is 10.1. The van der Waals surface area contributed by atoms with Crippen LogP contribution in [0.3, 0.4) is 0 Å². The van der Waals surface area contributed by atoms with Crippen molar-refractivity contribution < 1.29 is 4.74 Å². The molecule has 2 unspecified atom stereocenters. The number of H-pyrrole nitrogens is 1. The van der Waals surface area contributed by atoms with E-state index in [1.54, 1.807) is 0 Å². The second-order valence-corrected chi connectivity index (χ2v) is 7.26. The summed E-state index contributed by atoms with van der Waals surface area (Å²) in [4.78, 5) is 29.2. The van der Waals surface area contributed by atoms with Crippen molar-refractivity contribution in [2.45, 2.75) is 45.6 Å². The third-order valence-electron chi connectivity index (χ3n) is 4.97. The van der Waals surface area contributed by atoms with Crippen LogP contribution in [0.4, 0.5) is 5.95 Å². The Morgan fingerprint density at radius 3 is 2.81 bits per heavy atom. The van der Waals surface area contributed by atoms with Crippen LogP contribution in [0.15, 0.2) is 29.2 Å². The first-order valence-electron chi connectivity index (χ1n) is 9.23. The summed E-state index contributed by atoms with van der Waals surface area (Å²) in [6.45, 7) is 7.88. The van der Waals surface area contributed by atoms with Crippen molar-refractivity contribution in [3.63, 3.8) is 0 Å². The van der Waals surface area contributed by atoms with E-state index in [1.165, 1.54) is 0 Å². The highest BCUT2D eigenvalue weighted by Crippen LogP contribution is 2.20. The van der Waals surface area contributed by atoms with E-state index < -0.39 is 0 Å². The summed E-state index contributed by atoms with van der Waals surface area (Å²) in [7, 11) is 0. The van der Waals surface area contributed by atoms with Crippen LogP contribution in [0.5, 0.6) is 0 Å². The molecule has 7 nitrogen and oxygen atoms in total. The standard InChI is InChI=1S/C19H25N5O2/c1-13-9-24(10-14(2)26-13)19-21-17-12-23(8-6-16(17)18(25)22-19)11-15-5-3-4-7-20-15/h3-5,7,13-14H,6,8-12H2,1-2H3,(H,21,22,25). The first-order valence-corrected chi connectivity index (χ1v) is 9.23. The Balaban J connectivity index is 1.55. The molecule has 2 atom stereocenters. The van der Waals surface area contributed by atoms with Gasteiger partial charge in [0, 0.05) is 44.5 Å². The molecule has 138 valence electrons. The van der Waals surface area contributed by atoms with E-state index in [-0.39, 0.29) is 17.8 Å². The summed E-state index contributed by atoms with van der Waals surface area (Å²) in [5, 5.41) is 0. The number of ether oxygens (including phenoxy) is 1. The third kappa shape index (κ3) is 3.64. The van der Waals surface area contributed by atoms with Gasteiger partial charge in [0.1, 0.15) is 0 Å². The molecular formula is C19H25N5O2. The van der Waals surface area contributed by atoms with Gasteiger partial charge in [0.25, 0.3) is 5.56 Å². The number of hydrogen-bond acceptors (Lipinski definition) is 6. The van der Waals surface area contributed by atoms with Crippen molar-refractivity contribution in [3.05, 3.63) is 51.7 Å². The largest absolute Gasteiger partial charge is 0.372 e. The Morgan fingerprint density at radius 2 is 2.08 bits per heavy atom. The van der Waals surface area contributed by atoms with Crippen molar-refractivity contribution in [3.8, 4) is 0 Å². The van der Waals surface area contributed by atoms with Crippen LogP contribution in [-0.2, 0) is 24.2 Å². The highest BCUT2D eigenvalue weighted by Gasteiger charge is 2.27. The van der Waals surface area contributed by atoms with E-state index >= 15 is 0 Å². The summed E-state index contributed by atoms with van der Waals surface area (Å²) in [6.07, 6.45) is 2.79. The molecule has 0 aromatic carbocycles. The van der Waals surface area contributed by atoms with Crippen LogP contribution in [-0.4, -0.2) is 51.7 Å². The van der Waals surface area contributed by atoms with E-state index in [2.05, 4.69) is 19.8 Å². The topological polar surface area (TPSA) is 74.4 Å². The average Bonchev–Trinajstić information content (AvgIpc) is 2.61. The van der Waals surface area contributed by atoms with Crippen molar-refractivity contribution in [1.29, 1.82) is 0 Å². The minimum atomic E-state index is -0.00529. The van der Waals surface area contributed by atoms with Gasteiger partial charge in [-0.1, -0.05) is 6.07 Å². The number of fused-ring (bicyclic) bond motifs is 1. The molecule has 1 saturated heterocycles. The zero-order valence-corrected chi connectivity index (χ0v) is 15.3. The predicted octanol–water partition coefficient (Wildman–Crippen LogP) is 1.34. The van der Waals surface area contributed by atoms with Gasteiger partial charge < -0.3 is 9.64 Å². The molecular weight excluding hydrogens is 330 g/mol. The SMILES string of the molecule is CC1CN(c2nc3c(c(=O)[nH]2)CCN(Cc2ccccn2)C3)CC(C)O1. The zero-order valence-electron chi connectivity index (χ0n) is 15.3. The number of aromatic amines is 1. The van der Waals surface area contributed by atoms with E-state index in [0.717, 1.165) is 49.6 Å². The number of pyridine rings is 1. The normalized spacial score (nSPS) is 23.7. The van der Waals surface area contributed by atoms with E-state index in [1.807, 2.05) is 38.2 Å². The molecule has 0 saturated carbocycles. The molecule has 0 amide bonds. The molecule has 1 N–H and O–H groups in total. The van der Waals surface area contributed by atoms with Crippen LogP contribution in [0.1, 0.15) is 30.8 Å². The summed E-state index contributed by atoms with van der Waals surface area (Å²) in [5.74, 6) is 0.662. The van der Waals surface area contributed by atoms with Crippen molar-refractivity contribution in [1.82, 2.24) is 19.9 Å². The molecule has 0 radical (unpaired) electrons. The number of aromatic nitrogens is 3. The third-order valence-corrected chi connectivity index (χ3v) is 4.97. The lowest BCUT2D eigenvalue weighted by Crippen LogP contribution is -2.47. The highest BCUT2D eigenvalue weighted by molar-refractivity contribution is 5.35. The zero-order chi connectivity index (χ0) is 18.1. The summed E-state index contributed by atoms with van der Waals surface area (Å²) >= 11 is 0. The monoisotopic (exact) mass is 355 g/mol. The summed E-state index contributed by atoms with van der Waals surface area (Å²) in [5.41, 5.74) is 2.74. The van der Waals surface area contributed by atoms with Gasteiger partial charge in [-0.3, -0.25) is 19.7 Å². The molecule has 2 aromatic heterocycles. The van der Waals surface area contributed by atoms with Crippen molar-refractivity contribution >= 4 is 5.95 Å². The molecule has 2 aromatic rings. The van der Waals surface area contributed by atoms with Gasteiger partial charge in [0.05, 0.1) is 23.6 Å². The van der Waals surface area contributed by atoms with Crippen LogP contribution in [0, 0.1) is 0 Å². The lowest BCUT2D eigenvalue weighted by Gasteiger charge is -2.36. The lowest BCUT2D eigenvalue weighted by molar-refractivity contribution is -0.00576. The Bertz CT molecular complexity index is 812. The molecule has 0 bridgehead atoms. The number of morpholine rings is 1. The van der Waals surface area contributed by atoms with Crippen molar-refractivity contribution in [2.24, 2.45) is 0 Å². The minimum absolute atomic E-state index is 0.00529. The van der Waals surface area contributed by atoms with Gasteiger partial charge in [-0.2, -0.15) is 0 Å². The second kappa shape index (κ2) is 7.17. The molecule has 4 rings (SSSR count). The first kappa shape index (κ1) is 17.2. The maximum Gasteiger partial charge on any atom is 0.255 e. The van der Waals surface area contributed by atoms with Crippen molar-refractivity contribution in [2.75, 3.05) is 24.5 Å². The smallest absolute Gasteiger partial charge is 0.255 e. The number of rotatable bonds is 3. The molecule has 2 aliphatic rings. The molecule has 7 heteroatoms. The first-order chi connectivity index (χ1) is 12.6. The van der Waals surface area contributed by atoms with Crippen LogP contribution >= 0.6 is 0 Å². The maximum absolute atomic E-state index is 12.6. The van der Waals surface area contributed by atoms with Gasteiger partial charge in [0.15, 0.2) is 0 Å². The highest BCUT2D eigenvalue weighted by atomic mass is 16.5. The Kier molecular flexibility index (Phi) is 4.74. The molecule has 4 heterocycles. The quantitative estimate of drug-likeness (QED) is 0.896. The molecule has 1 fully saturated rings. The molecule has 0 spiro atoms. The van der Waals surface area contributed by atoms with E-state index in [0.29, 0.717) is 12.5 Å². The Morgan fingerprint density at radius 1 is 1.27 bits per heavy atom. The second-order valence-electron chi connectivity index (χ2n) is 7.26. The Hall–Kier alpha value is -2.25. The molecule has 2 aliphatic heterocycles. The summed E-state index contributed by atoms with van der Waals surface area (Å²) in [6, 6.07) is 5.96. The van der Waals surface area contributed by atoms with Gasteiger partial charge in [-0.25, -0.2) is 4.98 Å². The van der Waals surface area contributed by atoms with Crippen LogP contribution < -0.4 is 10.5 Å².